The number of rotatable bonds is 3. The van der Waals surface area contributed by atoms with Crippen LogP contribution in [0.5, 0.6) is 0 Å². The van der Waals surface area contributed by atoms with Gasteiger partial charge in [0.1, 0.15) is 6.26 Å². The first-order valence-electron chi connectivity index (χ1n) is 4.63. The number of hydrogen-bond acceptors (Lipinski definition) is 3. The molecular formula is C10H18N2O. The zero-order valence-corrected chi connectivity index (χ0v) is 8.85. The van der Waals surface area contributed by atoms with Gasteiger partial charge in [0.15, 0.2) is 5.89 Å². The number of oxazole rings is 1. The van der Waals surface area contributed by atoms with Crippen molar-refractivity contribution in [3.63, 3.8) is 0 Å². The van der Waals surface area contributed by atoms with Gasteiger partial charge < -0.3 is 9.73 Å². The third-order valence-electron chi connectivity index (χ3n) is 1.91. The predicted octanol–water partition coefficient (Wildman–Crippen LogP) is 1.73. The van der Waals surface area contributed by atoms with Crippen molar-refractivity contribution in [1.29, 1.82) is 0 Å². The molecule has 1 aromatic rings. The topological polar surface area (TPSA) is 38.1 Å². The average Bonchev–Trinajstić information content (AvgIpc) is 2.47. The van der Waals surface area contributed by atoms with E-state index in [4.69, 9.17) is 4.42 Å². The molecular weight excluding hydrogens is 164 g/mol. The van der Waals surface area contributed by atoms with Crippen LogP contribution in [-0.2, 0) is 11.8 Å². The molecule has 0 unspecified atom stereocenters. The first-order chi connectivity index (χ1) is 6.04. The van der Waals surface area contributed by atoms with E-state index in [0.29, 0.717) is 0 Å². The summed E-state index contributed by atoms with van der Waals surface area (Å²) in [5.74, 6) is 0.819. The molecule has 74 valence electrons. The Kier molecular flexibility index (Phi) is 3.09. The van der Waals surface area contributed by atoms with Gasteiger partial charge in [-0.2, -0.15) is 0 Å². The molecule has 0 fully saturated rings. The lowest BCUT2D eigenvalue weighted by Gasteiger charge is -2.12. The summed E-state index contributed by atoms with van der Waals surface area (Å²) in [7, 11) is 1.92. The Morgan fingerprint density at radius 1 is 1.46 bits per heavy atom. The van der Waals surface area contributed by atoms with E-state index in [0.717, 1.165) is 24.6 Å². The van der Waals surface area contributed by atoms with Gasteiger partial charge >= 0.3 is 0 Å². The molecule has 13 heavy (non-hydrogen) atoms. The highest BCUT2D eigenvalue weighted by Crippen LogP contribution is 2.20. The number of aromatic nitrogens is 1. The maximum atomic E-state index is 5.34. The lowest BCUT2D eigenvalue weighted by Crippen LogP contribution is -2.13. The molecule has 0 aliphatic rings. The van der Waals surface area contributed by atoms with E-state index in [2.05, 4.69) is 31.1 Å². The molecule has 0 atom stereocenters. The van der Waals surface area contributed by atoms with Crippen molar-refractivity contribution < 1.29 is 4.42 Å². The number of likely N-dealkylation sites (N-methyl/N-ethyl adjacent to an activating group) is 1. The molecule has 0 radical (unpaired) electrons. The van der Waals surface area contributed by atoms with Gasteiger partial charge in [-0.25, -0.2) is 4.98 Å². The number of hydrogen-bond donors (Lipinski definition) is 1. The van der Waals surface area contributed by atoms with Crippen LogP contribution in [0.15, 0.2) is 10.7 Å². The second-order valence-electron chi connectivity index (χ2n) is 4.23. The van der Waals surface area contributed by atoms with E-state index < -0.39 is 0 Å². The zero-order chi connectivity index (χ0) is 9.90. The van der Waals surface area contributed by atoms with Crippen molar-refractivity contribution in [1.82, 2.24) is 10.3 Å². The van der Waals surface area contributed by atoms with Crippen molar-refractivity contribution in [3.8, 4) is 0 Å². The average molecular weight is 182 g/mol. The minimum Gasteiger partial charge on any atom is -0.449 e. The highest BCUT2D eigenvalue weighted by Gasteiger charge is 2.18. The van der Waals surface area contributed by atoms with Crippen molar-refractivity contribution in [2.75, 3.05) is 13.6 Å². The molecule has 0 aliphatic heterocycles. The second kappa shape index (κ2) is 3.92. The predicted molar refractivity (Wildman–Crippen MR) is 52.8 cm³/mol. The lowest BCUT2D eigenvalue weighted by molar-refractivity contribution is 0.487. The molecule has 1 N–H and O–H groups in total. The van der Waals surface area contributed by atoms with Crippen LogP contribution in [0.2, 0.25) is 0 Å². The van der Waals surface area contributed by atoms with E-state index in [9.17, 15) is 0 Å². The Hall–Kier alpha value is -0.830. The summed E-state index contributed by atoms with van der Waals surface area (Å²) >= 11 is 0. The van der Waals surface area contributed by atoms with Crippen molar-refractivity contribution >= 4 is 0 Å². The molecule has 1 heterocycles. The summed E-state index contributed by atoms with van der Waals surface area (Å²) in [6.45, 7) is 7.30. The summed E-state index contributed by atoms with van der Waals surface area (Å²) < 4.78 is 5.34. The van der Waals surface area contributed by atoms with Crippen LogP contribution >= 0.6 is 0 Å². The zero-order valence-electron chi connectivity index (χ0n) is 8.85. The molecule has 0 spiro atoms. The van der Waals surface area contributed by atoms with Crippen molar-refractivity contribution in [2.45, 2.75) is 32.6 Å². The van der Waals surface area contributed by atoms with E-state index in [1.165, 1.54) is 0 Å². The fraction of sp³-hybridized carbons (Fsp3) is 0.700. The maximum Gasteiger partial charge on any atom is 0.195 e. The normalized spacial score (nSPS) is 12.0. The van der Waals surface area contributed by atoms with E-state index in [-0.39, 0.29) is 5.41 Å². The standard InChI is InChI=1S/C10H18N2O/c1-10(2,3)8-7-13-9(12-8)5-6-11-4/h7,11H,5-6H2,1-4H3. The maximum absolute atomic E-state index is 5.34. The molecule has 1 rings (SSSR count). The van der Waals surface area contributed by atoms with Crippen LogP contribution in [0.1, 0.15) is 32.4 Å². The Labute approximate surface area is 79.5 Å². The minimum atomic E-state index is 0.0847. The smallest absolute Gasteiger partial charge is 0.195 e. The first kappa shape index (κ1) is 10.3. The number of nitrogens with one attached hydrogen (secondary N) is 1. The molecule has 0 saturated heterocycles. The van der Waals surface area contributed by atoms with E-state index in [1.54, 1.807) is 6.26 Å². The van der Waals surface area contributed by atoms with Crippen LogP contribution < -0.4 is 5.32 Å². The third kappa shape index (κ3) is 2.84. The fourth-order valence-corrected chi connectivity index (χ4v) is 1.00. The Morgan fingerprint density at radius 2 is 2.15 bits per heavy atom. The summed E-state index contributed by atoms with van der Waals surface area (Å²) in [6.07, 6.45) is 2.61. The van der Waals surface area contributed by atoms with Crippen LogP contribution in [0.4, 0.5) is 0 Å². The largest absolute Gasteiger partial charge is 0.449 e. The van der Waals surface area contributed by atoms with Gasteiger partial charge in [0.2, 0.25) is 0 Å². The molecule has 0 amide bonds. The van der Waals surface area contributed by atoms with Crippen LogP contribution in [0, 0.1) is 0 Å². The summed E-state index contributed by atoms with van der Waals surface area (Å²) in [6, 6.07) is 0. The van der Waals surface area contributed by atoms with E-state index >= 15 is 0 Å². The molecule has 0 aliphatic carbocycles. The van der Waals surface area contributed by atoms with Crippen molar-refractivity contribution in [2.24, 2.45) is 0 Å². The highest BCUT2D eigenvalue weighted by atomic mass is 16.3. The summed E-state index contributed by atoms with van der Waals surface area (Å²) in [5.41, 5.74) is 1.11. The van der Waals surface area contributed by atoms with Crippen LogP contribution in [0.25, 0.3) is 0 Å². The molecule has 3 nitrogen and oxygen atoms in total. The van der Waals surface area contributed by atoms with Crippen LogP contribution in [-0.4, -0.2) is 18.6 Å². The monoisotopic (exact) mass is 182 g/mol. The van der Waals surface area contributed by atoms with Gasteiger partial charge in [-0.1, -0.05) is 20.8 Å². The third-order valence-corrected chi connectivity index (χ3v) is 1.91. The SMILES string of the molecule is CNCCc1nc(C(C)(C)C)co1. The molecule has 0 bridgehead atoms. The summed E-state index contributed by atoms with van der Waals surface area (Å²) in [5, 5.41) is 3.06. The number of nitrogens with zero attached hydrogens (tertiary/aromatic N) is 1. The minimum absolute atomic E-state index is 0.0847. The Balaban J connectivity index is 2.64. The summed E-state index contributed by atoms with van der Waals surface area (Å²) in [4.78, 5) is 4.41. The quantitative estimate of drug-likeness (QED) is 0.773. The van der Waals surface area contributed by atoms with Crippen LogP contribution in [0.3, 0.4) is 0 Å². The van der Waals surface area contributed by atoms with Crippen molar-refractivity contribution in [3.05, 3.63) is 17.8 Å². The molecule has 3 heteroatoms. The highest BCUT2D eigenvalue weighted by molar-refractivity contribution is 5.08. The van der Waals surface area contributed by atoms with Gasteiger partial charge in [-0.3, -0.25) is 0 Å². The van der Waals surface area contributed by atoms with Gasteiger partial charge in [0.05, 0.1) is 5.69 Å². The molecule has 0 saturated carbocycles. The van der Waals surface area contributed by atoms with Gasteiger partial charge in [0, 0.05) is 18.4 Å². The second-order valence-corrected chi connectivity index (χ2v) is 4.23. The molecule has 1 aromatic heterocycles. The molecule has 0 aromatic carbocycles. The lowest BCUT2D eigenvalue weighted by atomic mass is 9.93. The van der Waals surface area contributed by atoms with Gasteiger partial charge in [-0.15, -0.1) is 0 Å². The Bertz CT molecular complexity index is 260. The van der Waals surface area contributed by atoms with Gasteiger partial charge in [0.25, 0.3) is 0 Å². The Morgan fingerprint density at radius 3 is 2.62 bits per heavy atom. The van der Waals surface area contributed by atoms with E-state index in [1.807, 2.05) is 7.05 Å². The fourth-order valence-electron chi connectivity index (χ4n) is 1.00. The van der Waals surface area contributed by atoms with Gasteiger partial charge in [-0.05, 0) is 7.05 Å². The first-order valence-corrected chi connectivity index (χ1v) is 4.63.